The number of hydrogen-bond donors (Lipinski definition) is 3. The summed E-state index contributed by atoms with van der Waals surface area (Å²) in [5, 5.41) is 13.7. The molecule has 278 valence electrons. The monoisotopic (exact) mass is 688 g/mol. The van der Waals surface area contributed by atoms with Crippen LogP contribution in [0.3, 0.4) is 0 Å². The lowest BCUT2D eigenvalue weighted by Crippen LogP contribution is -2.45. The first kappa shape index (κ1) is 46.0. The van der Waals surface area contributed by atoms with E-state index in [1.54, 1.807) is 6.08 Å². The first-order chi connectivity index (χ1) is 22.5. The van der Waals surface area contributed by atoms with Gasteiger partial charge < -0.3 is 19.8 Å². The molecule has 0 aliphatic carbocycles. The molecule has 0 aromatic carbocycles. The standard InChI is InChI=1S/C38H75N2O6P/c1-6-8-10-12-14-16-18-19-20-21-22-24-26-28-30-32-38(42)39-36(35-46-47(43,44)45-34-33-40(3,4)5)37(41)31-29-27-25-23-17-15-13-11-9-7-2/h17,23,29,31,36-37,41H,6-16,18-22,24-28,30,32-35H2,1-5H3,(H-,39,42,43,44)/p+1/b23-17+,31-29+/t36-,37+/m0/s1. The minimum Gasteiger partial charge on any atom is -0.387 e. The number of phosphoric acid groups is 1. The summed E-state index contributed by atoms with van der Waals surface area (Å²) in [7, 11) is 1.55. The van der Waals surface area contributed by atoms with Gasteiger partial charge in [0.15, 0.2) is 0 Å². The van der Waals surface area contributed by atoms with E-state index in [4.69, 9.17) is 9.05 Å². The third kappa shape index (κ3) is 33.3. The molecule has 3 N–H and O–H groups in total. The molecule has 0 saturated heterocycles. The number of unbranched alkanes of at least 4 members (excludes halogenated alkanes) is 19. The van der Waals surface area contributed by atoms with E-state index < -0.39 is 20.0 Å². The van der Waals surface area contributed by atoms with Crippen LogP contribution in [-0.4, -0.2) is 73.4 Å². The number of carbonyl (C=O) groups excluding carboxylic acids is 1. The first-order valence-electron chi connectivity index (χ1n) is 19.2. The normalized spacial score (nSPS) is 15.0. The number of allylic oxidation sites excluding steroid dienone is 3. The second-order valence-corrected chi connectivity index (χ2v) is 15.8. The van der Waals surface area contributed by atoms with Gasteiger partial charge in [0.2, 0.25) is 5.91 Å². The molecule has 0 aliphatic rings. The van der Waals surface area contributed by atoms with Gasteiger partial charge in [-0.15, -0.1) is 0 Å². The Hall–Kier alpha value is -1.02. The Labute approximate surface area is 290 Å². The Morgan fingerprint density at radius 1 is 0.702 bits per heavy atom. The van der Waals surface area contributed by atoms with E-state index in [1.807, 2.05) is 27.2 Å². The predicted molar refractivity (Wildman–Crippen MR) is 198 cm³/mol. The van der Waals surface area contributed by atoms with Gasteiger partial charge in [-0.05, 0) is 32.1 Å². The Morgan fingerprint density at radius 2 is 1.17 bits per heavy atom. The fraction of sp³-hybridized carbons (Fsp3) is 0.868. The third-order valence-corrected chi connectivity index (χ3v) is 9.41. The van der Waals surface area contributed by atoms with Gasteiger partial charge in [-0.3, -0.25) is 13.8 Å². The lowest BCUT2D eigenvalue weighted by atomic mass is 10.0. The number of quaternary nitrogens is 1. The molecule has 0 saturated carbocycles. The second kappa shape index (κ2) is 31.0. The van der Waals surface area contributed by atoms with Crippen molar-refractivity contribution in [2.24, 2.45) is 0 Å². The molecule has 1 unspecified atom stereocenters. The minimum absolute atomic E-state index is 0.0576. The van der Waals surface area contributed by atoms with Crippen LogP contribution in [0.2, 0.25) is 0 Å². The fourth-order valence-electron chi connectivity index (χ4n) is 5.29. The van der Waals surface area contributed by atoms with Crippen LogP contribution in [0.15, 0.2) is 24.3 Å². The molecule has 0 fully saturated rings. The van der Waals surface area contributed by atoms with E-state index in [-0.39, 0.29) is 19.1 Å². The molecule has 3 atom stereocenters. The van der Waals surface area contributed by atoms with Gasteiger partial charge >= 0.3 is 7.82 Å². The number of aliphatic hydroxyl groups excluding tert-OH is 1. The molecule has 1 amide bonds. The van der Waals surface area contributed by atoms with E-state index in [0.29, 0.717) is 17.4 Å². The van der Waals surface area contributed by atoms with Gasteiger partial charge in [-0.1, -0.05) is 147 Å². The molecule has 0 rings (SSSR count). The summed E-state index contributed by atoms with van der Waals surface area (Å²) in [5.41, 5.74) is 0. The van der Waals surface area contributed by atoms with Crippen LogP contribution in [0.1, 0.15) is 162 Å². The third-order valence-electron chi connectivity index (χ3n) is 8.42. The molecule has 0 aliphatic heterocycles. The number of likely N-dealkylation sites (N-methyl/N-ethyl adjacent to an activating group) is 1. The highest BCUT2D eigenvalue weighted by Gasteiger charge is 2.27. The van der Waals surface area contributed by atoms with Crippen LogP contribution in [-0.2, 0) is 18.4 Å². The zero-order chi connectivity index (χ0) is 35.1. The molecule has 0 aromatic heterocycles. The highest BCUT2D eigenvalue weighted by Crippen LogP contribution is 2.43. The highest BCUT2D eigenvalue weighted by molar-refractivity contribution is 7.47. The van der Waals surface area contributed by atoms with Crippen molar-refractivity contribution < 1.29 is 32.9 Å². The second-order valence-electron chi connectivity index (χ2n) is 14.3. The molecular weight excluding hydrogens is 611 g/mol. The maximum Gasteiger partial charge on any atom is 0.472 e. The van der Waals surface area contributed by atoms with E-state index in [1.165, 1.54) is 103 Å². The summed E-state index contributed by atoms with van der Waals surface area (Å²) in [6, 6.07) is -0.855. The van der Waals surface area contributed by atoms with Crippen molar-refractivity contribution >= 4 is 13.7 Å². The van der Waals surface area contributed by atoms with Crippen LogP contribution in [0, 0.1) is 0 Å². The summed E-state index contributed by atoms with van der Waals surface area (Å²) < 4.78 is 23.4. The molecule has 0 bridgehead atoms. The summed E-state index contributed by atoms with van der Waals surface area (Å²) >= 11 is 0. The zero-order valence-corrected chi connectivity index (χ0v) is 32.2. The van der Waals surface area contributed by atoms with Crippen LogP contribution in [0.4, 0.5) is 0 Å². The van der Waals surface area contributed by atoms with Gasteiger partial charge in [-0.25, -0.2) is 4.57 Å². The minimum atomic E-state index is -4.33. The van der Waals surface area contributed by atoms with Crippen LogP contribution < -0.4 is 5.32 Å². The number of amides is 1. The van der Waals surface area contributed by atoms with Crippen LogP contribution in [0.25, 0.3) is 0 Å². The van der Waals surface area contributed by atoms with Gasteiger partial charge in [0.05, 0.1) is 39.9 Å². The van der Waals surface area contributed by atoms with Crippen molar-refractivity contribution in [3.63, 3.8) is 0 Å². The molecule has 0 spiro atoms. The number of nitrogens with zero attached hydrogens (tertiary/aromatic N) is 1. The molecule has 0 aromatic rings. The summed E-state index contributed by atoms with van der Waals surface area (Å²) in [4.78, 5) is 22.9. The number of carbonyl (C=O) groups is 1. The quantitative estimate of drug-likeness (QED) is 0.0269. The Bertz CT molecular complexity index is 829. The molecule has 47 heavy (non-hydrogen) atoms. The number of phosphoric ester groups is 1. The van der Waals surface area contributed by atoms with E-state index in [9.17, 15) is 19.4 Å². The van der Waals surface area contributed by atoms with Crippen molar-refractivity contribution in [1.29, 1.82) is 0 Å². The average Bonchev–Trinajstić information content (AvgIpc) is 3.01. The van der Waals surface area contributed by atoms with E-state index >= 15 is 0 Å². The van der Waals surface area contributed by atoms with Crippen LogP contribution >= 0.6 is 7.82 Å². The van der Waals surface area contributed by atoms with E-state index in [2.05, 4.69) is 31.3 Å². The smallest absolute Gasteiger partial charge is 0.387 e. The summed E-state index contributed by atoms with van der Waals surface area (Å²) in [6.45, 7) is 4.74. The molecule has 0 radical (unpaired) electrons. The Morgan fingerprint density at radius 3 is 1.70 bits per heavy atom. The molecular formula is C38H76N2O6P+. The van der Waals surface area contributed by atoms with Crippen LogP contribution in [0.5, 0.6) is 0 Å². The largest absolute Gasteiger partial charge is 0.472 e. The SMILES string of the molecule is CCCCCC/C=C/CC/C=C/[C@@H](O)[C@H](COP(=O)(O)OCC[N+](C)(C)C)NC(=O)CCCCCCCCCCCCCCCCC. The van der Waals surface area contributed by atoms with E-state index in [0.717, 1.165) is 38.5 Å². The Balaban J connectivity index is 4.50. The number of nitrogens with one attached hydrogen (secondary N) is 1. The van der Waals surface area contributed by atoms with Crippen molar-refractivity contribution in [3.05, 3.63) is 24.3 Å². The summed E-state index contributed by atoms with van der Waals surface area (Å²) in [6.07, 6.45) is 33.9. The molecule has 0 heterocycles. The first-order valence-corrected chi connectivity index (χ1v) is 20.7. The molecule has 9 heteroatoms. The maximum absolute atomic E-state index is 12.8. The number of aliphatic hydroxyl groups is 1. The maximum atomic E-state index is 12.8. The number of rotatable bonds is 34. The van der Waals surface area contributed by atoms with Crippen molar-refractivity contribution in [3.8, 4) is 0 Å². The van der Waals surface area contributed by atoms with Crippen molar-refractivity contribution in [1.82, 2.24) is 5.32 Å². The van der Waals surface area contributed by atoms with Gasteiger partial charge in [0.1, 0.15) is 13.2 Å². The molecule has 8 nitrogen and oxygen atoms in total. The topological polar surface area (TPSA) is 105 Å². The predicted octanol–water partition coefficient (Wildman–Crippen LogP) is 9.80. The van der Waals surface area contributed by atoms with Crippen molar-refractivity contribution in [2.45, 2.75) is 174 Å². The fourth-order valence-corrected chi connectivity index (χ4v) is 6.03. The average molecular weight is 688 g/mol. The van der Waals surface area contributed by atoms with Gasteiger partial charge in [0.25, 0.3) is 0 Å². The summed E-state index contributed by atoms with van der Waals surface area (Å²) in [5.74, 6) is -0.189. The highest BCUT2D eigenvalue weighted by atomic mass is 31.2. The lowest BCUT2D eigenvalue weighted by Gasteiger charge is -2.25. The Kier molecular flexibility index (Phi) is 30.3. The van der Waals surface area contributed by atoms with Crippen molar-refractivity contribution in [2.75, 3.05) is 40.9 Å². The van der Waals surface area contributed by atoms with Gasteiger partial charge in [-0.2, -0.15) is 0 Å². The lowest BCUT2D eigenvalue weighted by molar-refractivity contribution is -0.870. The number of hydrogen-bond acceptors (Lipinski definition) is 5. The zero-order valence-electron chi connectivity index (χ0n) is 31.3. The van der Waals surface area contributed by atoms with Gasteiger partial charge in [0, 0.05) is 6.42 Å².